The Bertz CT molecular complexity index is 543. The van der Waals surface area contributed by atoms with E-state index in [0.717, 1.165) is 15.7 Å². The average molecular weight is 334 g/mol. The van der Waals surface area contributed by atoms with E-state index < -0.39 is 0 Å². The Hall–Kier alpha value is -1.52. The first kappa shape index (κ1) is 14.9. The van der Waals surface area contributed by atoms with Crippen molar-refractivity contribution in [2.24, 2.45) is 5.73 Å². The van der Waals surface area contributed by atoms with Gasteiger partial charge in [0.05, 0.1) is 5.70 Å². The zero-order valence-electron chi connectivity index (χ0n) is 11.8. The third-order valence-corrected chi connectivity index (χ3v) is 3.63. The fourth-order valence-electron chi connectivity index (χ4n) is 2.12. The SMILES string of the molecule is CC.NCC1=CN2C=C(c3ccc(Br)cc3)NC2C=C1. The molecule has 0 saturated carbocycles. The van der Waals surface area contributed by atoms with Crippen LogP contribution in [0.25, 0.3) is 5.70 Å². The summed E-state index contributed by atoms with van der Waals surface area (Å²) in [5.41, 5.74) is 9.11. The van der Waals surface area contributed by atoms with Gasteiger partial charge in [-0.15, -0.1) is 0 Å². The van der Waals surface area contributed by atoms with E-state index in [1.807, 2.05) is 26.0 Å². The summed E-state index contributed by atoms with van der Waals surface area (Å²) in [7, 11) is 0. The lowest BCUT2D eigenvalue weighted by molar-refractivity contribution is 0.423. The van der Waals surface area contributed by atoms with Crippen molar-refractivity contribution in [1.82, 2.24) is 10.2 Å². The molecule has 3 nitrogen and oxygen atoms in total. The topological polar surface area (TPSA) is 41.3 Å². The summed E-state index contributed by atoms with van der Waals surface area (Å²) in [6.07, 6.45) is 8.62. The molecule has 1 unspecified atom stereocenters. The molecule has 3 N–H and O–H groups in total. The predicted molar refractivity (Wildman–Crippen MR) is 88.5 cm³/mol. The van der Waals surface area contributed by atoms with E-state index in [4.69, 9.17) is 5.73 Å². The minimum absolute atomic E-state index is 0.207. The number of halogens is 1. The minimum Gasteiger partial charge on any atom is -0.360 e. The zero-order valence-corrected chi connectivity index (χ0v) is 13.4. The summed E-state index contributed by atoms with van der Waals surface area (Å²) >= 11 is 3.45. The maximum Gasteiger partial charge on any atom is 0.122 e. The smallest absolute Gasteiger partial charge is 0.122 e. The van der Waals surface area contributed by atoms with Gasteiger partial charge in [0.15, 0.2) is 0 Å². The van der Waals surface area contributed by atoms with E-state index in [1.54, 1.807) is 0 Å². The van der Waals surface area contributed by atoms with Gasteiger partial charge in [-0.3, -0.25) is 0 Å². The Labute approximate surface area is 129 Å². The summed E-state index contributed by atoms with van der Waals surface area (Å²) in [6, 6.07) is 8.29. The molecule has 0 radical (unpaired) electrons. The maximum atomic E-state index is 5.66. The number of nitrogens with zero attached hydrogens (tertiary/aromatic N) is 1. The van der Waals surface area contributed by atoms with Crippen molar-refractivity contribution in [3.8, 4) is 0 Å². The zero-order chi connectivity index (χ0) is 14.5. The van der Waals surface area contributed by atoms with Crippen LogP contribution in [-0.2, 0) is 0 Å². The highest BCUT2D eigenvalue weighted by atomic mass is 79.9. The molecule has 1 atom stereocenters. The van der Waals surface area contributed by atoms with Gasteiger partial charge >= 0.3 is 0 Å². The van der Waals surface area contributed by atoms with Crippen molar-refractivity contribution >= 4 is 21.6 Å². The molecule has 3 rings (SSSR count). The Balaban J connectivity index is 0.000000704. The van der Waals surface area contributed by atoms with Crippen LogP contribution in [0.3, 0.4) is 0 Å². The molecular weight excluding hydrogens is 314 g/mol. The van der Waals surface area contributed by atoms with Crippen LogP contribution >= 0.6 is 15.9 Å². The number of hydrogen-bond donors (Lipinski definition) is 2. The lowest BCUT2D eigenvalue weighted by Crippen LogP contribution is -2.33. The van der Waals surface area contributed by atoms with Crippen LogP contribution in [0.15, 0.2) is 58.9 Å². The molecule has 0 bridgehead atoms. The standard InChI is InChI=1S/C14H14BrN3.C2H6/c15-12-4-2-11(3-5-12)13-9-18-8-10(7-16)1-6-14(18)17-13;1-2/h1-6,8-9,14,17H,7,16H2;1-2H3. The summed E-state index contributed by atoms with van der Waals surface area (Å²) in [5, 5.41) is 3.47. The maximum absolute atomic E-state index is 5.66. The Morgan fingerprint density at radius 3 is 2.55 bits per heavy atom. The number of hydrogen-bond acceptors (Lipinski definition) is 3. The first-order valence-electron chi connectivity index (χ1n) is 6.87. The van der Waals surface area contributed by atoms with Gasteiger partial charge in [0, 0.05) is 23.4 Å². The molecule has 1 aromatic rings. The predicted octanol–water partition coefficient (Wildman–Crippen LogP) is 3.42. The number of rotatable bonds is 2. The number of fused-ring (bicyclic) bond motifs is 1. The van der Waals surface area contributed by atoms with Crippen molar-refractivity contribution in [3.05, 3.63) is 64.4 Å². The highest BCUT2D eigenvalue weighted by molar-refractivity contribution is 9.10. The quantitative estimate of drug-likeness (QED) is 0.871. The molecule has 0 aromatic heterocycles. The van der Waals surface area contributed by atoms with Gasteiger partial charge in [0.1, 0.15) is 6.17 Å². The first-order valence-corrected chi connectivity index (χ1v) is 7.66. The summed E-state index contributed by atoms with van der Waals surface area (Å²) < 4.78 is 1.09. The van der Waals surface area contributed by atoms with Crippen molar-refractivity contribution in [1.29, 1.82) is 0 Å². The fourth-order valence-corrected chi connectivity index (χ4v) is 2.39. The van der Waals surface area contributed by atoms with Crippen molar-refractivity contribution in [2.45, 2.75) is 20.0 Å². The molecule has 0 spiro atoms. The van der Waals surface area contributed by atoms with Crippen LogP contribution < -0.4 is 11.1 Å². The van der Waals surface area contributed by atoms with Gasteiger partial charge in [-0.25, -0.2) is 0 Å². The molecule has 0 amide bonds. The Morgan fingerprint density at radius 1 is 1.20 bits per heavy atom. The molecule has 0 aliphatic carbocycles. The second-order valence-corrected chi connectivity index (χ2v) is 5.27. The molecule has 2 heterocycles. The average Bonchev–Trinajstić information content (AvgIpc) is 2.92. The van der Waals surface area contributed by atoms with Crippen LogP contribution in [0.2, 0.25) is 0 Å². The van der Waals surface area contributed by atoms with E-state index in [-0.39, 0.29) is 6.17 Å². The van der Waals surface area contributed by atoms with Crippen LogP contribution in [-0.4, -0.2) is 17.6 Å². The number of nitrogens with two attached hydrogens (primary N) is 1. The molecule has 2 aliphatic heterocycles. The first-order chi connectivity index (χ1) is 9.76. The summed E-state index contributed by atoms with van der Waals surface area (Å²) in [6.45, 7) is 4.57. The Morgan fingerprint density at radius 2 is 1.90 bits per heavy atom. The van der Waals surface area contributed by atoms with Gasteiger partial charge in [0.2, 0.25) is 0 Å². The van der Waals surface area contributed by atoms with Crippen molar-refractivity contribution in [3.63, 3.8) is 0 Å². The summed E-state index contributed by atoms with van der Waals surface area (Å²) in [4.78, 5) is 2.15. The van der Waals surface area contributed by atoms with E-state index in [1.165, 1.54) is 5.56 Å². The van der Waals surface area contributed by atoms with Crippen molar-refractivity contribution < 1.29 is 0 Å². The largest absolute Gasteiger partial charge is 0.360 e. The van der Waals surface area contributed by atoms with Gasteiger partial charge in [-0.1, -0.05) is 48.0 Å². The summed E-state index contributed by atoms with van der Waals surface area (Å²) in [5.74, 6) is 0. The van der Waals surface area contributed by atoms with Crippen LogP contribution in [0, 0.1) is 0 Å². The molecule has 0 saturated heterocycles. The molecule has 20 heavy (non-hydrogen) atoms. The minimum atomic E-state index is 0.207. The van der Waals surface area contributed by atoms with Crippen LogP contribution in [0.4, 0.5) is 0 Å². The van der Waals surface area contributed by atoms with E-state index in [9.17, 15) is 0 Å². The van der Waals surface area contributed by atoms with Gasteiger partial charge < -0.3 is 16.0 Å². The fraction of sp³-hybridized carbons (Fsp3) is 0.250. The third kappa shape index (κ3) is 3.14. The lowest BCUT2D eigenvalue weighted by Gasteiger charge is -2.23. The van der Waals surface area contributed by atoms with Gasteiger partial charge in [-0.2, -0.15) is 0 Å². The number of benzene rings is 1. The van der Waals surface area contributed by atoms with E-state index in [2.05, 4.69) is 62.8 Å². The van der Waals surface area contributed by atoms with E-state index in [0.29, 0.717) is 6.54 Å². The molecular formula is C16H20BrN3. The third-order valence-electron chi connectivity index (χ3n) is 3.10. The molecule has 106 valence electrons. The van der Waals surface area contributed by atoms with Crippen LogP contribution in [0.1, 0.15) is 19.4 Å². The Kier molecular flexibility index (Phi) is 5.04. The highest BCUT2D eigenvalue weighted by Crippen LogP contribution is 2.25. The van der Waals surface area contributed by atoms with Crippen molar-refractivity contribution in [2.75, 3.05) is 6.54 Å². The molecule has 4 heteroatoms. The van der Waals surface area contributed by atoms with E-state index >= 15 is 0 Å². The molecule has 2 aliphatic rings. The normalized spacial score (nSPS) is 19.4. The molecule has 0 fully saturated rings. The second kappa shape index (κ2) is 6.77. The lowest BCUT2D eigenvalue weighted by atomic mass is 10.2. The van der Waals surface area contributed by atoms with Gasteiger partial charge in [-0.05, 0) is 29.3 Å². The molecule has 1 aromatic carbocycles. The van der Waals surface area contributed by atoms with Gasteiger partial charge in [0.25, 0.3) is 0 Å². The van der Waals surface area contributed by atoms with Crippen LogP contribution in [0.5, 0.6) is 0 Å². The number of nitrogens with one attached hydrogen (secondary N) is 1. The monoisotopic (exact) mass is 333 g/mol. The highest BCUT2D eigenvalue weighted by Gasteiger charge is 2.23. The second-order valence-electron chi connectivity index (χ2n) is 4.35.